The zero-order chi connectivity index (χ0) is 20.5. The molecule has 0 fully saturated rings. The van der Waals surface area contributed by atoms with E-state index < -0.39 is 6.04 Å². The molecule has 0 aromatic heterocycles. The first-order chi connectivity index (χ1) is 14.0. The van der Waals surface area contributed by atoms with Gasteiger partial charge in [0.25, 0.3) is 5.91 Å². The lowest BCUT2D eigenvalue weighted by Crippen LogP contribution is -2.45. The first-order valence-electron chi connectivity index (χ1n) is 9.87. The molecule has 0 spiro atoms. The van der Waals surface area contributed by atoms with E-state index in [1.807, 2.05) is 73.3 Å². The number of hydrogen-bond acceptors (Lipinski definition) is 3. The molecule has 4 rings (SSSR count). The largest absolute Gasteiger partial charge is 0.494 e. The van der Waals surface area contributed by atoms with Gasteiger partial charge < -0.3 is 15.0 Å². The lowest BCUT2D eigenvalue weighted by Gasteiger charge is -2.31. The molecule has 0 aliphatic carbocycles. The molecule has 0 saturated carbocycles. The van der Waals surface area contributed by atoms with Crippen molar-refractivity contribution in [2.45, 2.75) is 25.9 Å². The minimum atomic E-state index is -0.468. The predicted molar refractivity (Wildman–Crippen MR) is 110 cm³/mol. The third-order valence-electron chi connectivity index (χ3n) is 5.66. The lowest BCUT2D eigenvalue weighted by atomic mass is 9.95. The summed E-state index contributed by atoms with van der Waals surface area (Å²) in [6.45, 7) is 4.96. The summed E-state index contributed by atoms with van der Waals surface area (Å²) in [6, 6.07) is 16.7. The van der Waals surface area contributed by atoms with Crippen LogP contribution in [0.3, 0.4) is 0 Å². The second kappa shape index (κ2) is 7.62. The van der Waals surface area contributed by atoms with Crippen molar-refractivity contribution in [2.24, 2.45) is 0 Å². The first-order valence-corrected chi connectivity index (χ1v) is 9.87. The molecule has 0 unspecified atom stereocenters. The average Bonchev–Trinajstić information content (AvgIpc) is 3.09. The van der Waals surface area contributed by atoms with Crippen molar-refractivity contribution in [3.8, 4) is 5.75 Å². The van der Waals surface area contributed by atoms with Gasteiger partial charge in [-0.15, -0.1) is 0 Å². The Morgan fingerprint density at radius 3 is 2.45 bits per heavy atom. The van der Waals surface area contributed by atoms with Gasteiger partial charge in [0.1, 0.15) is 5.75 Å². The Bertz CT molecular complexity index is 953. The molecule has 2 aliphatic heterocycles. The smallest absolute Gasteiger partial charge is 0.322 e. The molecule has 3 amide bonds. The number of nitrogens with one attached hydrogen (secondary N) is 1. The SMILES string of the molecule is CCOc1ccc([C@H]2NC(=O)N(C)C3=C2C(=O)N([C@@H](C)c2ccccc2)C3)cc1. The molecular weight excluding hydrogens is 366 g/mol. The monoisotopic (exact) mass is 391 g/mol. The van der Waals surface area contributed by atoms with E-state index in [-0.39, 0.29) is 18.0 Å². The van der Waals surface area contributed by atoms with Crippen LogP contribution in [0.1, 0.15) is 37.1 Å². The van der Waals surface area contributed by atoms with Crippen molar-refractivity contribution in [1.29, 1.82) is 0 Å². The normalized spacial score (nSPS) is 19.9. The van der Waals surface area contributed by atoms with Crippen molar-refractivity contribution < 1.29 is 14.3 Å². The molecule has 2 aromatic rings. The van der Waals surface area contributed by atoms with Crippen LogP contribution >= 0.6 is 0 Å². The van der Waals surface area contributed by atoms with E-state index in [2.05, 4.69) is 5.32 Å². The first kappa shape index (κ1) is 19.1. The Labute approximate surface area is 170 Å². The quantitative estimate of drug-likeness (QED) is 0.847. The van der Waals surface area contributed by atoms with Crippen LogP contribution in [0, 0.1) is 0 Å². The molecular formula is C23H25N3O3. The number of rotatable bonds is 5. The Hall–Kier alpha value is -3.28. The summed E-state index contributed by atoms with van der Waals surface area (Å²) < 4.78 is 5.51. The Morgan fingerprint density at radius 1 is 1.10 bits per heavy atom. The van der Waals surface area contributed by atoms with Gasteiger partial charge in [-0.3, -0.25) is 9.69 Å². The van der Waals surface area contributed by atoms with Crippen molar-refractivity contribution in [1.82, 2.24) is 15.1 Å². The van der Waals surface area contributed by atoms with Gasteiger partial charge in [-0.2, -0.15) is 0 Å². The molecule has 0 bridgehead atoms. The van der Waals surface area contributed by atoms with Gasteiger partial charge in [-0.05, 0) is 37.1 Å². The number of carbonyl (C=O) groups excluding carboxylic acids is 2. The minimum Gasteiger partial charge on any atom is -0.494 e. The minimum absolute atomic E-state index is 0.0397. The highest BCUT2D eigenvalue weighted by atomic mass is 16.5. The number of amides is 3. The van der Waals surface area contributed by atoms with Gasteiger partial charge in [0, 0.05) is 7.05 Å². The molecule has 150 valence electrons. The van der Waals surface area contributed by atoms with Crippen LogP contribution < -0.4 is 10.1 Å². The van der Waals surface area contributed by atoms with Gasteiger partial charge in [-0.1, -0.05) is 42.5 Å². The standard InChI is InChI=1S/C23H25N3O3/c1-4-29-18-12-10-17(11-13-18)21-20-19(25(3)23(28)24-21)14-26(22(20)27)15(2)16-8-6-5-7-9-16/h5-13,15,21H,4,14H2,1-3H3,(H,24,28)/t15-,21+/m0/s1. The van der Waals surface area contributed by atoms with Crippen LogP contribution in [0.15, 0.2) is 65.9 Å². The van der Waals surface area contributed by atoms with Crippen molar-refractivity contribution in [3.05, 3.63) is 77.0 Å². The third-order valence-corrected chi connectivity index (χ3v) is 5.66. The molecule has 2 aromatic carbocycles. The van der Waals surface area contributed by atoms with Crippen LogP contribution in [0.5, 0.6) is 5.75 Å². The Morgan fingerprint density at radius 2 is 1.79 bits per heavy atom. The molecule has 2 heterocycles. The molecule has 6 heteroatoms. The van der Waals surface area contributed by atoms with E-state index in [4.69, 9.17) is 4.74 Å². The number of likely N-dealkylation sites (N-methyl/N-ethyl adjacent to an activating group) is 1. The van der Waals surface area contributed by atoms with E-state index in [1.165, 1.54) is 0 Å². The van der Waals surface area contributed by atoms with Crippen molar-refractivity contribution in [2.75, 3.05) is 20.2 Å². The van der Waals surface area contributed by atoms with Crippen LogP contribution in [-0.4, -0.2) is 41.9 Å². The molecule has 0 saturated heterocycles. The highest BCUT2D eigenvalue weighted by Crippen LogP contribution is 2.39. The van der Waals surface area contributed by atoms with Crippen LogP contribution in [0.4, 0.5) is 4.79 Å². The number of nitrogens with zero attached hydrogens (tertiary/aromatic N) is 2. The second-order valence-electron chi connectivity index (χ2n) is 7.32. The Kier molecular flexibility index (Phi) is 5.01. The predicted octanol–water partition coefficient (Wildman–Crippen LogP) is 3.64. The third kappa shape index (κ3) is 3.35. The van der Waals surface area contributed by atoms with Gasteiger partial charge in [-0.25, -0.2) is 4.79 Å². The van der Waals surface area contributed by atoms with Crippen LogP contribution in [-0.2, 0) is 4.79 Å². The van der Waals surface area contributed by atoms with E-state index in [0.717, 1.165) is 22.6 Å². The van der Waals surface area contributed by atoms with E-state index in [9.17, 15) is 9.59 Å². The highest BCUT2D eigenvalue weighted by molar-refractivity contribution is 6.01. The van der Waals surface area contributed by atoms with E-state index in [1.54, 1.807) is 11.9 Å². The maximum atomic E-state index is 13.4. The number of carbonyl (C=O) groups is 2. The van der Waals surface area contributed by atoms with Gasteiger partial charge >= 0.3 is 6.03 Å². The number of urea groups is 1. The van der Waals surface area contributed by atoms with Crippen LogP contribution in [0.2, 0.25) is 0 Å². The maximum absolute atomic E-state index is 13.4. The van der Waals surface area contributed by atoms with Crippen molar-refractivity contribution in [3.63, 3.8) is 0 Å². The summed E-state index contributed by atoms with van der Waals surface area (Å²) in [4.78, 5) is 29.4. The summed E-state index contributed by atoms with van der Waals surface area (Å²) in [5, 5.41) is 2.98. The molecule has 6 nitrogen and oxygen atoms in total. The Balaban J connectivity index is 1.67. The summed E-state index contributed by atoms with van der Waals surface area (Å²) in [5.74, 6) is 0.726. The molecule has 0 radical (unpaired) electrons. The van der Waals surface area contributed by atoms with Crippen molar-refractivity contribution >= 4 is 11.9 Å². The molecule has 1 N–H and O–H groups in total. The van der Waals surface area contributed by atoms with Gasteiger partial charge in [0.15, 0.2) is 0 Å². The zero-order valence-electron chi connectivity index (χ0n) is 16.9. The van der Waals surface area contributed by atoms with E-state index in [0.29, 0.717) is 18.7 Å². The topological polar surface area (TPSA) is 61.9 Å². The highest BCUT2D eigenvalue weighted by Gasteiger charge is 2.44. The number of benzene rings is 2. The van der Waals surface area contributed by atoms with Crippen LogP contribution in [0.25, 0.3) is 0 Å². The second-order valence-corrected chi connectivity index (χ2v) is 7.32. The van der Waals surface area contributed by atoms with Gasteiger partial charge in [0.2, 0.25) is 0 Å². The number of ether oxygens (including phenoxy) is 1. The number of hydrogen-bond donors (Lipinski definition) is 1. The van der Waals surface area contributed by atoms with E-state index >= 15 is 0 Å². The summed E-state index contributed by atoms with van der Waals surface area (Å²) in [6.07, 6.45) is 0. The fourth-order valence-electron chi connectivity index (χ4n) is 3.99. The lowest BCUT2D eigenvalue weighted by molar-refractivity contribution is -0.127. The molecule has 2 atom stereocenters. The molecule has 2 aliphatic rings. The molecule has 29 heavy (non-hydrogen) atoms. The maximum Gasteiger partial charge on any atom is 0.322 e. The summed E-state index contributed by atoms with van der Waals surface area (Å²) in [7, 11) is 1.71. The van der Waals surface area contributed by atoms with Gasteiger partial charge in [0.05, 0.1) is 36.5 Å². The summed E-state index contributed by atoms with van der Waals surface area (Å²) >= 11 is 0. The summed E-state index contributed by atoms with van der Waals surface area (Å²) in [5.41, 5.74) is 3.34. The fourth-order valence-corrected chi connectivity index (χ4v) is 3.99. The zero-order valence-corrected chi connectivity index (χ0v) is 16.9. The fraction of sp³-hybridized carbons (Fsp3) is 0.304. The average molecular weight is 391 g/mol.